The summed E-state index contributed by atoms with van der Waals surface area (Å²) in [4.78, 5) is 2.53. The summed E-state index contributed by atoms with van der Waals surface area (Å²) in [6.45, 7) is 4.36. The predicted molar refractivity (Wildman–Crippen MR) is 84.2 cm³/mol. The lowest BCUT2D eigenvalue weighted by Gasteiger charge is -2.38. The Morgan fingerprint density at radius 2 is 2.00 bits per heavy atom. The normalized spacial score (nSPS) is 32.3. The number of fused-ring (bicyclic) bond motifs is 2. The van der Waals surface area contributed by atoms with E-state index in [9.17, 15) is 5.11 Å². The number of aliphatic hydroxyl groups excluding tert-OH is 1. The van der Waals surface area contributed by atoms with E-state index in [-0.39, 0.29) is 6.10 Å². The number of hydrogen-bond donors (Lipinski definition) is 1. The Morgan fingerprint density at radius 3 is 2.62 bits per heavy atom. The van der Waals surface area contributed by atoms with Gasteiger partial charge >= 0.3 is 0 Å². The lowest BCUT2D eigenvalue weighted by molar-refractivity contribution is 0.0362. The molecule has 4 unspecified atom stereocenters. The maximum Gasteiger partial charge on any atom is 0.0650 e. The summed E-state index contributed by atoms with van der Waals surface area (Å²) in [5.41, 5.74) is 1.04. The lowest BCUT2D eigenvalue weighted by atomic mass is 9.85. The maximum absolute atomic E-state index is 10.6. The molecule has 0 spiro atoms. The molecule has 1 aromatic rings. The second kappa shape index (κ2) is 6.09. The molecule has 2 saturated heterocycles. The van der Waals surface area contributed by atoms with Crippen LogP contribution in [0.1, 0.15) is 57.7 Å². The van der Waals surface area contributed by atoms with Crippen LogP contribution in [0.15, 0.2) is 12.3 Å². The molecule has 3 heterocycles. The molecule has 0 saturated carbocycles. The molecule has 0 radical (unpaired) electrons. The van der Waals surface area contributed by atoms with Crippen LogP contribution in [0.25, 0.3) is 0 Å². The smallest absolute Gasteiger partial charge is 0.0650 e. The average Bonchev–Trinajstić information content (AvgIpc) is 2.99. The fourth-order valence-electron chi connectivity index (χ4n) is 4.07. The summed E-state index contributed by atoms with van der Waals surface area (Å²) in [6, 6.07) is 3.90. The van der Waals surface area contributed by atoms with E-state index < -0.39 is 0 Å². The largest absolute Gasteiger partial charge is 0.392 e. The van der Waals surface area contributed by atoms with Gasteiger partial charge in [0.2, 0.25) is 0 Å². The molecule has 0 aliphatic carbocycles. The molecule has 2 fully saturated rings. The van der Waals surface area contributed by atoms with Crippen molar-refractivity contribution >= 4 is 0 Å². The van der Waals surface area contributed by atoms with Crippen molar-refractivity contribution in [3.63, 3.8) is 0 Å². The van der Waals surface area contributed by atoms with Crippen LogP contribution in [-0.2, 0) is 6.42 Å². The Morgan fingerprint density at radius 1 is 1.33 bits per heavy atom. The summed E-state index contributed by atoms with van der Waals surface area (Å²) in [7, 11) is 2.25. The van der Waals surface area contributed by atoms with Crippen LogP contribution in [-0.4, -0.2) is 45.0 Å². The number of aromatic nitrogens is 2. The molecule has 4 heteroatoms. The van der Waals surface area contributed by atoms with Crippen molar-refractivity contribution < 1.29 is 5.11 Å². The maximum atomic E-state index is 10.6. The van der Waals surface area contributed by atoms with Crippen LogP contribution >= 0.6 is 0 Å². The summed E-state index contributed by atoms with van der Waals surface area (Å²) in [5, 5.41) is 15.2. The average molecular weight is 291 g/mol. The van der Waals surface area contributed by atoms with Gasteiger partial charge in [0, 0.05) is 30.7 Å². The summed E-state index contributed by atoms with van der Waals surface area (Å²) in [5.74, 6) is 0.451. The minimum absolute atomic E-state index is 0.234. The van der Waals surface area contributed by atoms with E-state index in [0.29, 0.717) is 30.5 Å². The van der Waals surface area contributed by atoms with E-state index in [1.165, 1.54) is 12.8 Å². The Balaban J connectivity index is 1.59. The van der Waals surface area contributed by atoms with E-state index in [1.54, 1.807) is 0 Å². The lowest BCUT2D eigenvalue weighted by Crippen LogP contribution is -2.43. The molecule has 21 heavy (non-hydrogen) atoms. The molecule has 4 nitrogen and oxygen atoms in total. The second-order valence-electron chi connectivity index (χ2n) is 7.10. The molecule has 2 aliphatic rings. The second-order valence-corrected chi connectivity index (χ2v) is 7.10. The minimum atomic E-state index is -0.234. The third kappa shape index (κ3) is 3.02. The first-order chi connectivity index (χ1) is 10.1. The first-order valence-electron chi connectivity index (χ1n) is 8.52. The number of piperidine rings is 1. The van der Waals surface area contributed by atoms with E-state index in [0.717, 1.165) is 25.0 Å². The van der Waals surface area contributed by atoms with Gasteiger partial charge in [-0.1, -0.05) is 6.92 Å². The SMILES string of the molecule is CCC(C)n1ccc(CC(O)C2CC3CCC(C2)N3C)n1. The van der Waals surface area contributed by atoms with Crippen LogP contribution in [0.4, 0.5) is 0 Å². The van der Waals surface area contributed by atoms with E-state index >= 15 is 0 Å². The third-order valence-corrected chi connectivity index (χ3v) is 5.80. The third-order valence-electron chi connectivity index (χ3n) is 5.80. The fraction of sp³-hybridized carbons (Fsp3) is 0.824. The Bertz CT molecular complexity index is 458. The quantitative estimate of drug-likeness (QED) is 0.906. The highest BCUT2D eigenvalue weighted by molar-refractivity contribution is 5.03. The topological polar surface area (TPSA) is 41.3 Å². The molecule has 2 aliphatic heterocycles. The standard InChI is InChI=1S/C17H29N3O/c1-4-12(2)20-8-7-14(18-20)11-17(21)13-9-15-5-6-16(10-13)19(15)3/h7-8,12-13,15-17,21H,4-6,9-11H2,1-3H3. The van der Waals surface area contributed by atoms with Gasteiger partial charge in [0.1, 0.15) is 0 Å². The van der Waals surface area contributed by atoms with Crippen LogP contribution in [0.5, 0.6) is 0 Å². The first kappa shape index (κ1) is 15.0. The molecule has 118 valence electrons. The molecular weight excluding hydrogens is 262 g/mol. The number of aliphatic hydroxyl groups is 1. The van der Waals surface area contributed by atoms with Gasteiger partial charge in [-0.15, -0.1) is 0 Å². The van der Waals surface area contributed by atoms with Gasteiger partial charge in [-0.25, -0.2) is 0 Å². The molecule has 2 bridgehead atoms. The zero-order chi connectivity index (χ0) is 15.0. The van der Waals surface area contributed by atoms with Gasteiger partial charge in [0.05, 0.1) is 11.8 Å². The summed E-state index contributed by atoms with van der Waals surface area (Å²) >= 11 is 0. The highest BCUT2D eigenvalue weighted by Crippen LogP contribution is 2.39. The summed E-state index contributed by atoms with van der Waals surface area (Å²) in [6.07, 6.45) is 8.54. The molecule has 4 atom stereocenters. The van der Waals surface area contributed by atoms with Crippen molar-refractivity contribution in [1.29, 1.82) is 0 Å². The molecule has 0 aromatic carbocycles. The number of rotatable bonds is 5. The van der Waals surface area contributed by atoms with Gasteiger partial charge < -0.3 is 10.0 Å². The monoisotopic (exact) mass is 291 g/mol. The van der Waals surface area contributed by atoms with Gasteiger partial charge in [-0.2, -0.15) is 5.10 Å². The summed E-state index contributed by atoms with van der Waals surface area (Å²) < 4.78 is 2.03. The Kier molecular flexibility index (Phi) is 4.36. The van der Waals surface area contributed by atoms with Crippen molar-refractivity contribution in [3.8, 4) is 0 Å². The Hall–Kier alpha value is -0.870. The van der Waals surface area contributed by atoms with Gasteiger partial charge in [0.25, 0.3) is 0 Å². The fourth-order valence-corrected chi connectivity index (χ4v) is 4.07. The van der Waals surface area contributed by atoms with Crippen LogP contribution < -0.4 is 0 Å². The van der Waals surface area contributed by atoms with Crippen molar-refractivity contribution in [1.82, 2.24) is 14.7 Å². The predicted octanol–water partition coefficient (Wildman–Crippen LogP) is 2.63. The molecular formula is C17H29N3O. The molecule has 1 N–H and O–H groups in total. The molecule has 3 rings (SSSR count). The van der Waals surface area contributed by atoms with E-state index in [2.05, 4.69) is 43.2 Å². The zero-order valence-electron chi connectivity index (χ0n) is 13.6. The zero-order valence-corrected chi connectivity index (χ0v) is 13.6. The van der Waals surface area contributed by atoms with Gasteiger partial charge in [-0.3, -0.25) is 4.68 Å². The van der Waals surface area contributed by atoms with Gasteiger partial charge in [0.15, 0.2) is 0 Å². The van der Waals surface area contributed by atoms with Crippen LogP contribution in [0.2, 0.25) is 0 Å². The van der Waals surface area contributed by atoms with Gasteiger partial charge in [-0.05, 0) is 58.1 Å². The van der Waals surface area contributed by atoms with Crippen LogP contribution in [0.3, 0.4) is 0 Å². The first-order valence-corrected chi connectivity index (χ1v) is 8.52. The van der Waals surface area contributed by atoms with Crippen molar-refractivity contribution in [2.24, 2.45) is 5.92 Å². The van der Waals surface area contributed by atoms with Crippen molar-refractivity contribution in [3.05, 3.63) is 18.0 Å². The van der Waals surface area contributed by atoms with Crippen LogP contribution in [0, 0.1) is 5.92 Å². The number of nitrogens with zero attached hydrogens (tertiary/aromatic N) is 3. The molecule has 0 amide bonds. The van der Waals surface area contributed by atoms with Crippen molar-refractivity contribution in [2.45, 2.75) is 76.6 Å². The Labute approximate surface area is 128 Å². The number of hydrogen-bond acceptors (Lipinski definition) is 3. The van der Waals surface area contributed by atoms with Crippen molar-refractivity contribution in [2.75, 3.05) is 7.05 Å². The van der Waals surface area contributed by atoms with E-state index in [1.807, 2.05) is 4.68 Å². The molecule has 1 aromatic heterocycles. The minimum Gasteiger partial charge on any atom is -0.392 e. The van der Waals surface area contributed by atoms with E-state index in [4.69, 9.17) is 0 Å². The highest BCUT2D eigenvalue weighted by atomic mass is 16.3. The highest BCUT2D eigenvalue weighted by Gasteiger charge is 2.40.